The number of methoxy groups -OCH3 is 2. The fourth-order valence-corrected chi connectivity index (χ4v) is 6.43. The van der Waals surface area contributed by atoms with Gasteiger partial charge in [0.1, 0.15) is 35.0 Å². The summed E-state index contributed by atoms with van der Waals surface area (Å²) < 4.78 is 26.7. The van der Waals surface area contributed by atoms with Crippen LogP contribution < -0.4 is 15.2 Å². The number of carbonyl (C=O) groups is 1. The van der Waals surface area contributed by atoms with E-state index in [-0.39, 0.29) is 11.6 Å². The number of imidazole rings is 1. The predicted molar refractivity (Wildman–Crippen MR) is 186 cm³/mol. The SMILES string of the molecule is COc1ccc(C(OCc2nc3cc(C(N)=O)cnc3n2CCO[Si](C)(C)C(C)(C)C)(c2ccccc2)c2ccc(OC)cc2)cc1. The molecule has 0 saturated carbocycles. The molecule has 3 aromatic carbocycles. The molecule has 0 atom stereocenters. The van der Waals surface area contributed by atoms with Crippen molar-refractivity contribution in [3.05, 3.63) is 119 Å². The number of benzene rings is 3. The molecule has 1 amide bonds. The van der Waals surface area contributed by atoms with Crippen LogP contribution in [0, 0.1) is 0 Å². The summed E-state index contributed by atoms with van der Waals surface area (Å²) in [7, 11) is 1.29. The Bertz CT molecular complexity index is 1770. The number of fused-ring (bicyclic) bond motifs is 1. The lowest BCUT2D eigenvalue weighted by Crippen LogP contribution is -2.41. The second-order valence-electron chi connectivity index (χ2n) is 13.0. The maximum absolute atomic E-state index is 12.0. The molecular formula is C37H44N4O5Si. The Labute approximate surface area is 277 Å². The number of pyridine rings is 1. The molecule has 0 aliphatic carbocycles. The van der Waals surface area contributed by atoms with E-state index in [1.165, 1.54) is 6.20 Å². The number of aromatic nitrogens is 3. The lowest BCUT2D eigenvalue weighted by atomic mass is 9.80. The molecule has 0 aliphatic rings. The van der Waals surface area contributed by atoms with E-state index < -0.39 is 19.8 Å². The largest absolute Gasteiger partial charge is 0.497 e. The van der Waals surface area contributed by atoms with Crippen molar-refractivity contribution in [2.24, 2.45) is 5.73 Å². The molecule has 9 nitrogen and oxygen atoms in total. The van der Waals surface area contributed by atoms with E-state index in [2.05, 4.69) is 51.0 Å². The van der Waals surface area contributed by atoms with Crippen molar-refractivity contribution in [1.29, 1.82) is 0 Å². The number of rotatable bonds is 13. The van der Waals surface area contributed by atoms with Gasteiger partial charge in [0.2, 0.25) is 5.91 Å². The fourth-order valence-electron chi connectivity index (χ4n) is 5.39. The summed E-state index contributed by atoms with van der Waals surface area (Å²) in [5.41, 5.74) is 8.81. The smallest absolute Gasteiger partial charge is 0.250 e. The first-order valence-electron chi connectivity index (χ1n) is 15.7. The van der Waals surface area contributed by atoms with Gasteiger partial charge in [-0.1, -0.05) is 75.4 Å². The van der Waals surface area contributed by atoms with Gasteiger partial charge in [0.05, 0.1) is 26.4 Å². The van der Waals surface area contributed by atoms with Gasteiger partial charge < -0.3 is 28.9 Å². The number of ether oxygens (including phenoxy) is 3. The van der Waals surface area contributed by atoms with E-state index in [1.807, 2.05) is 71.3 Å². The van der Waals surface area contributed by atoms with Crippen molar-refractivity contribution >= 4 is 25.4 Å². The standard InChI is InChI=1S/C37H44N4O5Si/c1-36(2,3)47(6,7)46-22-21-41-33(40-32-23-26(34(38)42)24-39-35(32)41)25-45-37(27-11-9-8-10-12-27,28-13-17-30(43-4)18-14-28)29-15-19-31(44-5)20-16-29/h8-20,23-24H,21-22,25H2,1-7H3,(H2,38,42). The van der Waals surface area contributed by atoms with Gasteiger partial charge in [-0.3, -0.25) is 4.79 Å². The molecule has 5 rings (SSSR count). The van der Waals surface area contributed by atoms with Crippen LogP contribution in [0.5, 0.6) is 11.5 Å². The first kappa shape index (κ1) is 33.8. The molecule has 0 spiro atoms. The first-order valence-corrected chi connectivity index (χ1v) is 18.6. The zero-order valence-corrected chi connectivity index (χ0v) is 29.2. The third-order valence-corrected chi connectivity index (χ3v) is 13.7. The third kappa shape index (κ3) is 6.95. The summed E-state index contributed by atoms with van der Waals surface area (Å²) in [6, 6.07) is 27.6. The summed E-state index contributed by atoms with van der Waals surface area (Å²) in [6.45, 7) is 12.2. The Hall–Kier alpha value is -4.51. The number of primary amides is 1. The predicted octanol–water partition coefficient (Wildman–Crippen LogP) is 7.08. The average Bonchev–Trinajstić information content (AvgIpc) is 3.42. The molecule has 2 N–H and O–H groups in total. The van der Waals surface area contributed by atoms with E-state index in [0.717, 1.165) is 28.2 Å². The number of hydrogen-bond donors (Lipinski definition) is 1. The monoisotopic (exact) mass is 652 g/mol. The Morgan fingerprint density at radius 1 is 0.851 bits per heavy atom. The number of nitrogens with zero attached hydrogens (tertiary/aromatic N) is 3. The van der Waals surface area contributed by atoms with E-state index in [1.54, 1.807) is 20.3 Å². The van der Waals surface area contributed by atoms with Gasteiger partial charge >= 0.3 is 0 Å². The lowest BCUT2D eigenvalue weighted by molar-refractivity contribution is -0.00456. The van der Waals surface area contributed by atoms with Gasteiger partial charge in [-0.2, -0.15) is 0 Å². The normalized spacial score (nSPS) is 12.3. The van der Waals surface area contributed by atoms with Crippen molar-refractivity contribution in [2.75, 3.05) is 20.8 Å². The van der Waals surface area contributed by atoms with Crippen LogP contribution in [0.2, 0.25) is 18.1 Å². The Morgan fingerprint density at radius 2 is 1.40 bits per heavy atom. The van der Waals surface area contributed by atoms with E-state index in [0.29, 0.717) is 35.7 Å². The van der Waals surface area contributed by atoms with E-state index in [4.69, 9.17) is 29.4 Å². The van der Waals surface area contributed by atoms with Crippen LogP contribution in [-0.4, -0.2) is 49.6 Å². The van der Waals surface area contributed by atoms with Crippen LogP contribution in [0.1, 0.15) is 53.6 Å². The minimum atomic E-state index is -2.01. The van der Waals surface area contributed by atoms with Gasteiger partial charge in [0, 0.05) is 12.7 Å². The van der Waals surface area contributed by atoms with Crippen molar-refractivity contribution in [3.8, 4) is 11.5 Å². The second-order valence-corrected chi connectivity index (χ2v) is 17.8. The van der Waals surface area contributed by atoms with E-state index >= 15 is 0 Å². The maximum atomic E-state index is 12.0. The zero-order valence-electron chi connectivity index (χ0n) is 28.2. The summed E-state index contributed by atoms with van der Waals surface area (Å²) in [6.07, 6.45) is 1.49. The van der Waals surface area contributed by atoms with Gasteiger partial charge in [-0.25, -0.2) is 9.97 Å². The molecule has 0 fully saturated rings. The first-order chi connectivity index (χ1) is 22.4. The molecule has 10 heteroatoms. The highest BCUT2D eigenvalue weighted by Gasteiger charge is 2.39. The van der Waals surface area contributed by atoms with Gasteiger partial charge in [0.25, 0.3) is 0 Å². The summed E-state index contributed by atoms with van der Waals surface area (Å²) >= 11 is 0. The molecular weight excluding hydrogens is 609 g/mol. The Morgan fingerprint density at radius 3 is 1.91 bits per heavy atom. The molecule has 47 heavy (non-hydrogen) atoms. The highest BCUT2D eigenvalue weighted by atomic mass is 28.4. The summed E-state index contributed by atoms with van der Waals surface area (Å²) in [5.74, 6) is 1.57. The van der Waals surface area contributed by atoms with Crippen molar-refractivity contribution in [2.45, 2.75) is 57.7 Å². The average molecular weight is 653 g/mol. The van der Waals surface area contributed by atoms with Crippen LogP contribution in [0.15, 0.2) is 91.1 Å². The van der Waals surface area contributed by atoms with Crippen molar-refractivity contribution in [1.82, 2.24) is 14.5 Å². The number of hydrogen-bond acceptors (Lipinski definition) is 7. The molecule has 0 bridgehead atoms. The molecule has 2 heterocycles. The second kappa shape index (κ2) is 13.7. The van der Waals surface area contributed by atoms with Crippen LogP contribution in [0.25, 0.3) is 11.2 Å². The minimum absolute atomic E-state index is 0.0661. The number of carbonyl (C=O) groups excluding carboxylic acids is 1. The zero-order chi connectivity index (χ0) is 33.8. The van der Waals surface area contributed by atoms with E-state index in [9.17, 15) is 4.79 Å². The highest BCUT2D eigenvalue weighted by Crippen LogP contribution is 2.42. The molecule has 0 aliphatic heterocycles. The summed E-state index contributed by atoms with van der Waals surface area (Å²) in [5, 5.41) is 0.0661. The summed E-state index contributed by atoms with van der Waals surface area (Å²) in [4.78, 5) is 21.6. The van der Waals surface area contributed by atoms with Gasteiger partial charge in [-0.15, -0.1) is 0 Å². The van der Waals surface area contributed by atoms with Crippen molar-refractivity contribution < 1.29 is 23.4 Å². The third-order valence-electron chi connectivity index (χ3n) is 9.12. The quantitative estimate of drug-likeness (QED) is 0.107. The Kier molecular flexibility index (Phi) is 9.85. The highest BCUT2D eigenvalue weighted by molar-refractivity contribution is 6.74. The number of nitrogens with two attached hydrogens (primary N) is 1. The van der Waals surface area contributed by atoms with Crippen molar-refractivity contribution in [3.63, 3.8) is 0 Å². The van der Waals surface area contributed by atoms with Crippen LogP contribution in [0.4, 0.5) is 0 Å². The molecule has 2 aromatic heterocycles. The Balaban J connectivity index is 1.62. The molecule has 0 unspecified atom stereocenters. The van der Waals surface area contributed by atoms with Crippen LogP contribution in [-0.2, 0) is 27.9 Å². The van der Waals surface area contributed by atoms with Crippen LogP contribution in [0.3, 0.4) is 0 Å². The van der Waals surface area contributed by atoms with Gasteiger partial charge in [-0.05, 0) is 65.2 Å². The maximum Gasteiger partial charge on any atom is 0.250 e. The van der Waals surface area contributed by atoms with Gasteiger partial charge in [0.15, 0.2) is 14.0 Å². The molecule has 246 valence electrons. The molecule has 5 aromatic rings. The number of amides is 1. The topological polar surface area (TPSA) is 111 Å². The minimum Gasteiger partial charge on any atom is -0.497 e. The molecule has 0 radical (unpaired) electrons. The van der Waals surface area contributed by atoms with Crippen LogP contribution >= 0.6 is 0 Å². The molecule has 0 saturated heterocycles. The fraction of sp³-hybridized carbons (Fsp3) is 0.324. The lowest BCUT2D eigenvalue weighted by Gasteiger charge is -2.36.